The van der Waals surface area contributed by atoms with E-state index in [4.69, 9.17) is 19.7 Å². The number of esters is 2. The molecule has 0 radical (unpaired) electrons. The summed E-state index contributed by atoms with van der Waals surface area (Å²) in [6, 6.07) is 0. The van der Waals surface area contributed by atoms with E-state index in [1.54, 1.807) is 0 Å². The van der Waals surface area contributed by atoms with Crippen LogP contribution >= 0.6 is 7.82 Å². The zero-order valence-corrected chi connectivity index (χ0v) is 33.7. The first-order valence-electron chi connectivity index (χ1n) is 20.8. The van der Waals surface area contributed by atoms with Crippen molar-refractivity contribution in [1.29, 1.82) is 0 Å². The first kappa shape index (κ1) is 49.5. The predicted molar refractivity (Wildman–Crippen MR) is 208 cm³/mol. The lowest BCUT2D eigenvalue weighted by atomic mass is 10.1. The third-order valence-electron chi connectivity index (χ3n) is 8.80. The molecular weight excluding hydrogens is 665 g/mol. The van der Waals surface area contributed by atoms with E-state index in [-0.39, 0.29) is 32.6 Å². The fourth-order valence-electron chi connectivity index (χ4n) is 5.68. The summed E-state index contributed by atoms with van der Waals surface area (Å²) in [6.07, 6.45) is 38.9. The summed E-state index contributed by atoms with van der Waals surface area (Å²) >= 11 is 0. The van der Waals surface area contributed by atoms with E-state index in [2.05, 4.69) is 42.7 Å². The Hall–Kier alpha value is -1.51. The van der Waals surface area contributed by atoms with Gasteiger partial charge in [0.15, 0.2) is 6.10 Å². The second kappa shape index (κ2) is 38.2. The highest BCUT2D eigenvalue weighted by Crippen LogP contribution is 2.38. The maximum Gasteiger partial charge on any atom is 0.306 e. The van der Waals surface area contributed by atoms with E-state index in [9.17, 15) is 19.0 Å². The van der Waals surface area contributed by atoms with Crippen LogP contribution in [0.5, 0.6) is 0 Å². The first-order valence-corrected chi connectivity index (χ1v) is 22.3. The molecule has 0 aliphatic rings. The average Bonchev–Trinajstić information content (AvgIpc) is 3.11. The minimum absolute atomic E-state index is 0.0118. The van der Waals surface area contributed by atoms with Gasteiger partial charge < -0.3 is 29.1 Å². The monoisotopic (exact) mass is 743 g/mol. The molecule has 1 unspecified atom stereocenters. The zero-order valence-electron chi connectivity index (χ0n) is 32.8. The van der Waals surface area contributed by atoms with Crippen LogP contribution in [0.25, 0.3) is 0 Å². The number of nitrogens with two attached hydrogens (primary N) is 1. The third-order valence-corrected chi connectivity index (χ3v) is 9.76. The van der Waals surface area contributed by atoms with E-state index in [0.717, 1.165) is 64.2 Å². The van der Waals surface area contributed by atoms with Gasteiger partial charge in [-0.2, -0.15) is 0 Å². The van der Waals surface area contributed by atoms with Crippen molar-refractivity contribution < 1.29 is 37.6 Å². The van der Waals surface area contributed by atoms with Crippen molar-refractivity contribution in [2.45, 2.75) is 200 Å². The average molecular weight is 743 g/mol. The lowest BCUT2D eigenvalue weighted by molar-refractivity contribution is -0.228. The number of hydrogen-bond donors (Lipinski definition) is 1. The second-order valence-electron chi connectivity index (χ2n) is 13.8. The molecule has 300 valence electrons. The van der Waals surface area contributed by atoms with E-state index in [1.807, 2.05) is 0 Å². The number of unbranched alkanes of at least 4 members (excludes halogenated alkanes) is 22. The number of hydrogen-bond acceptors (Lipinski definition) is 9. The standard InChI is InChI=1S/C41H78NO8P/c1-3-5-7-9-11-13-15-17-19-21-23-25-27-29-31-33-40(43)47-37-39(38-49-51(45,46)48-36-35-42)50-41(44)34-32-30-28-26-24-22-20-18-16-14-12-10-8-6-4-2/h17-20,39H,3-16,21-38,42H2,1-2H3,(H,45,46)/p-1/b19-17-,20-18-/t39-/m1/s1. The van der Waals surface area contributed by atoms with Gasteiger partial charge in [-0.05, 0) is 64.2 Å². The van der Waals surface area contributed by atoms with Gasteiger partial charge in [0.1, 0.15) is 6.61 Å². The molecule has 0 rings (SSSR count). The fourth-order valence-corrected chi connectivity index (χ4v) is 6.43. The largest absolute Gasteiger partial charge is 0.756 e. The smallest absolute Gasteiger partial charge is 0.306 e. The molecule has 0 aromatic heterocycles. The molecule has 0 aromatic carbocycles. The quantitative estimate of drug-likeness (QED) is 0.0282. The summed E-state index contributed by atoms with van der Waals surface area (Å²) < 4.78 is 32.3. The minimum Gasteiger partial charge on any atom is -0.756 e. The molecule has 2 atom stereocenters. The molecule has 2 N–H and O–H groups in total. The van der Waals surface area contributed by atoms with Crippen molar-refractivity contribution >= 4 is 19.8 Å². The van der Waals surface area contributed by atoms with Gasteiger partial charge in [-0.1, -0.05) is 141 Å². The maximum atomic E-state index is 12.5. The molecule has 0 fully saturated rings. The van der Waals surface area contributed by atoms with Crippen LogP contribution < -0.4 is 10.6 Å². The van der Waals surface area contributed by atoms with Gasteiger partial charge >= 0.3 is 11.9 Å². The lowest BCUT2D eigenvalue weighted by Crippen LogP contribution is -2.30. The maximum absolute atomic E-state index is 12.5. The highest BCUT2D eigenvalue weighted by molar-refractivity contribution is 7.45. The van der Waals surface area contributed by atoms with Crippen LogP contribution in [-0.2, 0) is 32.7 Å². The topological polar surface area (TPSA) is 137 Å². The van der Waals surface area contributed by atoms with Crippen LogP contribution in [0, 0.1) is 0 Å². The number of carbonyl (C=O) groups is 2. The SMILES string of the molecule is CCCCCCCC/C=C\CCCCCCCC(=O)OC[C@H](COP(=O)([O-])OCCN)OC(=O)CCCCCCC/C=C\CCCCCCCC. The van der Waals surface area contributed by atoms with Crippen molar-refractivity contribution in [2.24, 2.45) is 5.73 Å². The van der Waals surface area contributed by atoms with Crippen LogP contribution in [0.1, 0.15) is 194 Å². The number of allylic oxidation sites excluding steroid dienone is 4. The Morgan fingerprint density at radius 3 is 1.39 bits per heavy atom. The lowest BCUT2D eigenvalue weighted by Gasteiger charge is -2.25. The Morgan fingerprint density at radius 2 is 0.961 bits per heavy atom. The summed E-state index contributed by atoms with van der Waals surface area (Å²) in [4.78, 5) is 36.9. The normalized spacial score (nSPS) is 13.6. The van der Waals surface area contributed by atoms with Crippen LogP contribution in [0.15, 0.2) is 24.3 Å². The summed E-state index contributed by atoms with van der Waals surface area (Å²) in [7, 11) is -4.62. The molecule has 0 saturated carbocycles. The molecule has 0 aromatic rings. The van der Waals surface area contributed by atoms with E-state index in [1.165, 1.54) is 89.9 Å². The van der Waals surface area contributed by atoms with Gasteiger partial charge in [0, 0.05) is 19.4 Å². The second-order valence-corrected chi connectivity index (χ2v) is 15.2. The highest BCUT2D eigenvalue weighted by atomic mass is 31.2. The number of phosphoric ester groups is 1. The van der Waals surface area contributed by atoms with E-state index in [0.29, 0.717) is 12.8 Å². The van der Waals surface area contributed by atoms with E-state index < -0.39 is 32.5 Å². The van der Waals surface area contributed by atoms with Crippen LogP contribution in [0.2, 0.25) is 0 Å². The van der Waals surface area contributed by atoms with Gasteiger partial charge in [0.05, 0.1) is 13.2 Å². The molecule has 9 nitrogen and oxygen atoms in total. The first-order chi connectivity index (χ1) is 24.8. The molecular formula is C41H77NO8P-. The Morgan fingerprint density at radius 1 is 0.569 bits per heavy atom. The molecule has 51 heavy (non-hydrogen) atoms. The molecule has 0 aliphatic carbocycles. The Labute approximate surface area is 312 Å². The molecule has 0 amide bonds. The summed E-state index contributed by atoms with van der Waals surface area (Å²) in [5.41, 5.74) is 5.31. The summed E-state index contributed by atoms with van der Waals surface area (Å²) in [5, 5.41) is 0. The third kappa shape index (κ3) is 38.0. The molecule has 0 spiro atoms. The molecule has 0 heterocycles. The summed E-state index contributed by atoms with van der Waals surface area (Å²) in [5.74, 6) is -0.881. The van der Waals surface area contributed by atoms with Crippen molar-refractivity contribution in [2.75, 3.05) is 26.4 Å². The summed E-state index contributed by atoms with van der Waals surface area (Å²) in [6.45, 7) is 3.51. The molecule has 0 bridgehead atoms. The van der Waals surface area contributed by atoms with Crippen LogP contribution in [0.3, 0.4) is 0 Å². The molecule has 0 saturated heterocycles. The van der Waals surface area contributed by atoms with Gasteiger partial charge in [-0.15, -0.1) is 0 Å². The zero-order chi connectivity index (χ0) is 37.5. The Bertz CT molecular complexity index is 897. The number of phosphoric acid groups is 1. The van der Waals surface area contributed by atoms with Gasteiger partial charge in [0.2, 0.25) is 0 Å². The number of carbonyl (C=O) groups excluding carboxylic acids is 2. The van der Waals surface area contributed by atoms with Crippen LogP contribution in [-0.4, -0.2) is 44.4 Å². The van der Waals surface area contributed by atoms with Crippen molar-refractivity contribution in [3.8, 4) is 0 Å². The van der Waals surface area contributed by atoms with Crippen molar-refractivity contribution in [1.82, 2.24) is 0 Å². The Kier molecular flexibility index (Phi) is 37.1. The van der Waals surface area contributed by atoms with Gasteiger partial charge in [-0.25, -0.2) is 0 Å². The Balaban J connectivity index is 4.20. The van der Waals surface area contributed by atoms with Crippen molar-refractivity contribution in [3.63, 3.8) is 0 Å². The number of rotatable bonds is 39. The molecule has 10 heteroatoms. The van der Waals surface area contributed by atoms with E-state index >= 15 is 0 Å². The minimum atomic E-state index is -4.62. The highest BCUT2D eigenvalue weighted by Gasteiger charge is 2.21. The number of ether oxygens (including phenoxy) is 2. The fraction of sp³-hybridized carbons (Fsp3) is 0.854. The van der Waals surface area contributed by atoms with Gasteiger partial charge in [-0.3, -0.25) is 14.2 Å². The van der Waals surface area contributed by atoms with Gasteiger partial charge in [0.25, 0.3) is 7.82 Å². The predicted octanol–water partition coefficient (Wildman–Crippen LogP) is 11.0. The van der Waals surface area contributed by atoms with Crippen LogP contribution in [0.4, 0.5) is 0 Å². The van der Waals surface area contributed by atoms with Crippen molar-refractivity contribution in [3.05, 3.63) is 24.3 Å². The molecule has 0 aliphatic heterocycles.